The summed E-state index contributed by atoms with van der Waals surface area (Å²) in [4.78, 5) is 26.2. The number of pyridine rings is 1. The fourth-order valence-corrected chi connectivity index (χ4v) is 4.48. The van der Waals surface area contributed by atoms with Gasteiger partial charge >= 0.3 is 0 Å². The van der Waals surface area contributed by atoms with E-state index in [9.17, 15) is 4.79 Å². The number of carbonyl (C=O) groups excluding carboxylic acids is 1. The molecule has 2 N–H and O–H groups in total. The van der Waals surface area contributed by atoms with Crippen molar-refractivity contribution in [2.75, 3.05) is 38.2 Å². The van der Waals surface area contributed by atoms with Gasteiger partial charge in [-0.15, -0.1) is 0 Å². The molecule has 2 atom stereocenters. The van der Waals surface area contributed by atoms with Crippen LogP contribution < -0.4 is 10.6 Å². The molecule has 2 aliphatic heterocycles. The molecule has 2 aliphatic rings. The maximum absolute atomic E-state index is 12.8. The molecule has 0 aromatic carbocycles. The van der Waals surface area contributed by atoms with E-state index in [1.54, 1.807) is 18.6 Å². The molecule has 4 heterocycles. The maximum atomic E-state index is 12.8. The minimum absolute atomic E-state index is 0.0437. The molecule has 166 valence electrons. The summed E-state index contributed by atoms with van der Waals surface area (Å²) in [5.41, 5.74) is 2.13. The van der Waals surface area contributed by atoms with E-state index in [0.717, 1.165) is 63.5 Å². The number of hydrogen-bond acceptors (Lipinski definition) is 7. The Morgan fingerprint density at radius 3 is 2.90 bits per heavy atom. The molecule has 2 aromatic heterocycles. The molecule has 31 heavy (non-hydrogen) atoms. The molecule has 0 saturated carbocycles. The Hall–Kier alpha value is -2.09. The molecule has 7 nitrogen and oxygen atoms in total. The third kappa shape index (κ3) is 5.99. The first-order chi connectivity index (χ1) is 15.1. The first kappa shape index (κ1) is 22.1. The number of carbonyl (C=O) groups is 1. The van der Waals surface area contributed by atoms with Crippen molar-refractivity contribution in [3.05, 3.63) is 35.4 Å². The Morgan fingerprint density at radius 1 is 1.26 bits per heavy atom. The SMILES string of the molecule is C[C@@H]1CNC[C@@H](C(=O)Cc2cc(-c3cncc(NCC4CCOCC4)n3)c(Cl)cn2)C1. The summed E-state index contributed by atoms with van der Waals surface area (Å²) in [6, 6.07) is 1.87. The summed E-state index contributed by atoms with van der Waals surface area (Å²) in [6.45, 7) is 6.39. The number of aromatic nitrogens is 3. The highest BCUT2D eigenvalue weighted by Gasteiger charge is 2.25. The lowest BCUT2D eigenvalue weighted by Gasteiger charge is -2.26. The standard InChI is InChI=1S/C23H30ClN5O2/c1-15-6-17(11-25-9-15)22(30)8-18-7-19(20(24)12-27-18)21-13-26-14-23(29-21)28-10-16-2-4-31-5-3-16/h7,12-17,25H,2-6,8-11H2,1H3,(H,28,29)/t15-,17-/m0/s1. The van der Waals surface area contributed by atoms with Crippen molar-refractivity contribution in [2.45, 2.75) is 32.6 Å². The number of nitrogens with one attached hydrogen (secondary N) is 2. The third-order valence-corrected chi connectivity index (χ3v) is 6.42. The third-order valence-electron chi connectivity index (χ3n) is 6.12. The summed E-state index contributed by atoms with van der Waals surface area (Å²) in [5, 5.41) is 7.23. The Balaban J connectivity index is 1.44. The normalized spacial score (nSPS) is 22.3. The number of piperidine rings is 1. The van der Waals surface area contributed by atoms with Crippen LogP contribution in [0.5, 0.6) is 0 Å². The second-order valence-corrected chi connectivity index (χ2v) is 9.13. The maximum Gasteiger partial charge on any atom is 0.145 e. The lowest BCUT2D eigenvalue weighted by Crippen LogP contribution is -2.39. The van der Waals surface area contributed by atoms with Crippen LogP contribution in [0.2, 0.25) is 5.02 Å². The van der Waals surface area contributed by atoms with Crippen LogP contribution in [0, 0.1) is 17.8 Å². The monoisotopic (exact) mass is 443 g/mol. The van der Waals surface area contributed by atoms with E-state index in [0.29, 0.717) is 34.7 Å². The van der Waals surface area contributed by atoms with E-state index in [1.165, 1.54) is 0 Å². The van der Waals surface area contributed by atoms with Crippen molar-refractivity contribution in [3.8, 4) is 11.3 Å². The van der Waals surface area contributed by atoms with Crippen LogP contribution in [-0.4, -0.2) is 53.6 Å². The fourth-order valence-electron chi connectivity index (χ4n) is 4.28. The van der Waals surface area contributed by atoms with Crippen molar-refractivity contribution in [1.29, 1.82) is 0 Å². The molecule has 0 radical (unpaired) electrons. The van der Waals surface area contributed by atoms with Crippen LogP contribution in [-0.2, 0) is 16.0 Å². The predicted octanol–water partition coefficient (Wildman–Crippen LogP) is 3.39. The minimum atomic E-state index is 0.0437. The predicted molar refractivity (Wildman–Crippen MR) is 121 cm³/mol. The molecule has 8 heteroatoms. The van der Waals surface area contributed by atoms with Crippen LogP contribution in [0.15, 0.2) is 24.7 Å². The Bertz CT molecular complexity index is 903. The fraction of sp³-hybridized carbons (Fsp3) is 0.565. The smallest absolute Gasteiger partial charge is 0.145 e. The number of halogens is 1. The number of hydrogen-bond donors (Lipinski definition) is 2. The molecular formula is C23H30ClN5O2. The van der Waals surface area contributed by atoms with Gasteiger partial charge in [-0.3, -0.25) is 14.8 Å². The van der Waals surface area contributed by atoms with Gasteiger partial charge in [0.05, 0.1) is 23.1 Å². The number of ketones is 1. The van der Waals surface area contributed by atoms with Crippen LogP contribution in [0.3, 0.4) is 0 Å². The summed E-state index contributed by atoms with van der Waals surface area (Å²) in [7, 11) is 0. The molecular weight excluding hydrogens is 414 g/mol. The second kappa shape index (κ2) is 10.5. The Kier molecular flexibility index (Phi) is 7.48. The zero-order chi connectivity index (χ0) is 21.6. The molecule has 4 rings (SSSR count). The number of Topliss-reactive ketones (excluding diaryl/α,β-unsaturated/α-hetero) is 1. The van der Waals surface area contributed by atoms with Gasteiger partial charge in [-0.2, -0.15) is 0 Å². The highest BCUT2D eigenvalue weighted by Crippen LogP contribution is 2.28. The average Bonchev–Trinajstić information content (AvgIpc) is 2.80. The summed E-state index contributed by atoms with van der Waals surface area (Å²) >= 11 is 6.43. The van der Waals surface area contributed by atoms with E-state index in [4.69, 9.17) is 21.3 Å². The number of rotatable bonds is 7. The Labute approximate surface area is 188 Å². The average molecular weight is 444 g/mol. The van der Waals surface area contributed by atoms with Gasteiger partial charge in [-0.25, -0.2) is 4.98 Å². The topological polar surface area (TPSA) is 89.0 Å². The van der Waals surface area contributed by atoms with Crippen molar-refractivity contribution in [2.24, 2.45) is 17.8 Å². The van der Waals surface area contributed by atoms with Crippen LogP contribution in [0.4, 0.5) is 5.82 Å². The first-order valence-corrected chi connectivity index (χ1v) is 11.5. The van der Waals surface area contributed by atoms with Gasteiger partial charge < -0.3 is 15.4 Å². The first-order valence-electron chi connectivity index (χ1n) is 11.1. The van der Waals surface area contributed by atoms with Gasteiger partial charge in [-0.05, 0) is 43.7 Å². The quantitative estimate of drug-likeness (QED) is 0.677. The molecule has 2 fully saturated rings. The van der Waals surface area contributed by atoms with E-state index in [2.05, 4.69) is 27.5 Å². The van der Waals surface area contributed by atoms with Crippen molar-refractivity contribution >= 4 is 23.2 Å². The molecule has 0 aliphatic carbocycles. The van der Waals surface area contributed by atoms with Gasteiger partial charge in [0.1, 0.15) is 11.6 Å². The molecule has 0 spiro atoms. The summed E-state index contributed by atoms with van der Waals surface area (Å²) < 4.78 is 5.42. The van der Waals surface area contributed by atoms with E-state index < -0.39 is 0 Å². The van der Waals surface area contributed by atoms with Crippen molar-refractivity contribution in [3.63, 3.8) is 0 Å². The zero-order valence-electron chi connectivity index (χ0n) is 17.9. The molecule has 0 amide bonds. The zero-order valence-corrected chi connectivity index (χ0v) is 18.7. The van der Waals surface area contributed by atoms with Gasteiger partial charge in [0.25, 0.3) is 0 Å². The highest BCUT2D eigenvalue weighted by atomic mass is 35.5. The molecule has 0 bridgehead atoms. The number of anilines is 1. The lowest BCUT2D eigenvalue weighted by molar-refractivity contribution is -0.123. The van der Waals surface area contributed by atoms with Gasteiger partial charge in [-0.1, -0.05) is 18.5 Å². The molecule has 2 aromatic rings. The summed E-state index contributed by atoms with van der Waals surface area (Å²) in [5.74, 6) is 2.08. The van der Waals surface area contributed by atoms with Gasteiger partial charge in [0.2, 0.25) is 0 Å². The second-order valence-electron chi connectivity index (χ2n) is 8.72. The largest absolute Gasteiger partial charge is 0.381 e. The Morgan fingerprint density at radius 2 is 2.10 bits per heavy atom. The molecule has 0 unspecified atom stereocenters. The van der Waals surface area contributed by atoms with E-state index in [-0.39, 0.29) is 11.7 Å². The van der Waals surface area contributed by atoms with Crippen LogP contribution >= 0.6 is 11.6 Å². The lowest BCUT2D eigenvalue weighted by atomic mass is 9.87. The van der Waals surface area contributed by atoms with Crippen molar-refractivity contribution < 1.29 is 9.53 Å². The number of nitrogens with zero attached hydrogens (tertiary/aromatic N) is 3. The van der Waals surface area contributed by atoms with Crippen LogP contribution in [0.25, 0.3) is 11.3 Å². The minimum Gasteiger partial charge on any atom is -0.381 e. The molecule has 2 saturated heterocycles. The number of ether oxygens (including phenoxy) is 1. The van der Waals surface area contributed by atoms with Gasteiger partial charge in [0.15, 0.2) is 0 Å². The highest BCUT2D eigenvalue weighted by molar-refractivity contribution is 6.33. The van der Waals surface area contributed by atoms with E-state index >= 15 is 0 Å². The van der Waals surface area contributed by atoms with Gasteiger partial charge in [0, 0.05) is 56.1 Å². The van der Waals surface area contributed by atoms with Crippen LogP contribution in [0.1, 0.15) is 31.9 Å². The van der Waals surface area contributed by atoms with Crippen molar-refractivity contribution in [1.82, 2.24) is 20.3 Å². The summed E-state index contributed by atoms with van der Waals surface area (Å²) in [6.07, 6.45) is 8.37. The van der Waals surface area contributed by atoms with E-state index in [1.807, 2.05) is 6.07 Å².